The van der Waals surface area contributed by atoms with Crippen LogP contribution in [0.5, 0.6) is 0 Å². The van der Waals surface area contributed by atoms with Crippen LogP contribution in [0.1, 0.15) is 31.7 Å². The van der Waals surface area contributed by atoms with Gasteiger partial charge in [0.2, 0.25) is 11.6 Å². The molecule has 0 radical (unpaired) electrons. The number of rotatable bonds is 6. The van der Waals surface area contributed by atoms with Crippen molar-refractivity contribution in [2.24, 2.45) is 17.2 Å². The third kappa shape index (κ3) is 3.72. The molecule has 34 heavy (non-hydrogen) atoms. The zero-order valence-electron chi connectivity index (χ0n) is 18.8. The molecular weight excluding hydrogens is 432 g/mol. The smallest absolute Gasteiger partial charge is 0.256 e. The first-order valence-electron chi connectivity index (χ1n) is 11.1. The Hall–Kier alpha value is -4.04. The van der Waals surface area contributed by atoms with Crippen molar-refractivity contribution >= 4 is 45.3 Å². The van der Waals surface area contributed by atoms with Gasteiger partial charge in [-0.2, -0.15) is 0 Å². The van der Waals surface area contributed by atoms with Crippen LogP contribution in [0.4, 0.5) is 0 Å². The lowest BCUT2D eigenvalue weighted by Gasteiger charge is -2.31. The summed E-state index contributed by atoms with van der Waals surface area (Å²) in [5, 5.41) is 4.37. The van der Waals surface area contributed by atoms with Crippen molar-refractivity contribution in [1.29, 1.82) is 0 Å². The third-order valence-corrected chi connectivity index (χ3v) is 6.23. The quantitative estimate of drug-likeness (QED) is 0.342. The molecule has 2 aliphatic carbocycles. The van der Waals surface area contributed by atoms with E-state index in [-0.39, 0.29) is 22.4 Å². The van der Waals surface area contributed by atoms with E-state index in [1.54, 1.807) is 30.4 Å². The molecule has 0 saturated heterocycles. The second kappa shape index (κ2) is 8.72. The summed E-state index contributed by atoms with van der Waals surface area (Å²) in [5.74, 6) is -3.91. The molecule has 2 aromatic rings. The van der Waals surface area contributed by atoms with Crippen molar-refractivity contribution in [2.45, 2.75) is 31.7 Å². The van der Waals surface area contributed by atoms with Crippen molar-refractivity contribution in [3.8, 4) is 0 Å². The minimum atomic E-state index is -1.17. The van der Waals surface area contributed by atoms with E-state index in [4.69, 9.17) is 17.2 Å². The molecule has 2 aromatic carbocycles. The monoisotopic (exact) mass is 458 g/mol. The summed E-state index contributed by atoms with van der Waals surface area (Å²) in [6.07, 6.45) is 6.93. The van der Waals surface area contributed by atoms with Crippen molar-refractivity contribution in [3.05, 3.63) is 70.3 Å². The van der Waals surface area contributed by atoms with Gasteiger partial charge in [-0.3, -0.25) is 19.2 Å². The van der Waals surface area contributed by atoms with Crippen LogP contribution in [0, 0.1) is 0 Å². The molecule has 0 saturated carbocycles. The minimum absolute atomic E-state index is 0.123. The average molecular weight is 459 g/mol. The van der Waals surface area contributed by atoms with Crippen LogP contribution in [0.2, 0.25) is 0 Å². The van der Waals surface area contributed by atoms with Gasteiger partial charge in [-0.1, -0.05) is 49.8 Å². The van der Waals surface area contributed by atoms with Crippen molar-refractivity contribution in [2.75, 3.05) is 6.54 Å². The molecule has 0 heterocycles. The molecule has 7 N–H and O–H groups in total. The van der Waals surface area contributed by atoms with Crippen LogP contribution in [0.3, 0.4) is 0 Å². The summed E-state index contributed by atoms with van der Waals surface area (Å²) in [6.45, 7) is 2.31. The number of amides is 2. The molecule has 8 heteroatoms. The predicted molar refractivity (Wildman–Crippen MR) is 129 cm³/mol. The largest absolute Gasteiger partial charge is 0.399 e. The number of allylic oxidation sites excluding steroid dienone is 1. The van der Waals surface area contributed by atoms with E-state index < -0.39 is 34.5 Å². The summed E-state index contributed by atoms with van der Waals surface area (Å²) in [7, 11) is 0. The SMILES string of the molecule is CCCCNC(=O)C1=c2cc3ccccc3c(C3(N)C=CC(N)=CC3)c2=C(C(N)=O)C(=O)C1=O. The number of primary amides is 1. The average Bonchev–Trinajstić information content (AvgIpc) is 2.80. The number of fused-ring (bicyclic) bond motifs is 2. The van der Waals surface area contributed by atoms with E-state index in [1.807, 2.05) is 25.1 Å². The second-order valence-corrected chi connectivity index (χ2v) is 8.56. The number of unbranched alkanes of at least 4 members (excludes halogenated alkanes) is 1. The molecule has 0 fully saturated rings. The molecule has 2 amide bonds. The fraction of sp³-hybridized carbons (Fsp3) is 0.231. The maximum atomic E-state index is 13.1. The van der Waals surface area contributed by atoms with E-state index >= 15 is 0 Å². The molecular formula is C26H26N4O4. The lowest BCUT2D eigenvalue weighted by Crippen LogP contribution is -2.53. The standard InChI is InChI=1S/C26H26N4O4/c1-2-3-12-30-25(34)19-17-13-14-6-4-5-7-16(14)21(26(29)10-8-15(27)9-11-26)18(17)20(24(28)33)23(32)22(19)31/h4-10,13H,2-3,11-12,27,29H2,1H3,(H2,28,33)(H,30,34). The Morgan fingerprint density at radius 2 is 1.82 bits per heavy atom. The number of hydrogen-bond acceptors (Lipinski definition) is 6. The topological polar surface area (TPSA) is 158 Å². The highest BCUT2D eigenvalue weighted by Gasteiger charge is 2.39. The van der Waals surface area contributed by atoms with Crippen LogP contribution in [-0.2, 0) is 24.7 Å². The molecule has 0 spiro atoms. The summed E-state index contributed by atoms with van der Waals surface area (Å²) >= 11 is 0. The first-order chi connectivity index (χ1) is 16.2. The zero-order chi connectivity index (χ0) is 24.6. The van der Waals surface area contributed by atoms with E-state index in [9.17, 15) is 19.2 Å². The number of ketones is 2. The van der Waals surface area contributed by atoms with Gasteiger partial charge in [0.15, 0.2) is 0 Å². The summed E-state index contributed by atoms with van der Waals surface area (Å²) in [5.41, 5.74) is 17.4. The highest BCUT2D eigenvalue weighted by molar-refractivity contribution is 6.74. The molecule has 0 aliphatic heterocycles. The number of Topliss-reactive ketones (excluding diaryl/α,β-unsaturated/α-hetero) is 2. The fourth-order valence-corrected chi connectivity index (χ4v) is 4.53. The first-order valence-corrected chi connectivity index (χ1v) is 11.1. The van der Waals surface area contributed by atoms with E-state index in [2.05, 4.69) is 5.32 Å². The molecule has 4 rings (SSSR count). The second-order valence-electron chi connectivity index (χ2n) is 8.56. The van der Waals surface area contributed by atoms with Crippen LogP contribution in [-0.4, -0.2) is 29.9 Å². The van der Waals surface area contributed by atoms with Crippen molar-refractivity contribution in [1.82, 2.24) is 5.32 Å². The van der Waals surface area contributed by atoms with Gasteiger partial charge < -0.3 is 22.5 Å². The molecule has 1 unspecified atom stereocenters. The highest BCUT2D eigenvalue weighted by Crippen LogP contribution is 2.31. The minimum Gasteiger partial charge on any atom is -0.399 e. The Bertz CT molecular complexity index is 1450. The lowest BCUT2D eigenvalue weighted by molar-refractivity contribution is -0.132. The first kappa shape index (κ1) is 23.1. The number of carbonyl (C=O) groups excluding carboxylic acids is 4. The normalized spacial score (nSPS) is 19.8. The van der Waals surface area contributed by atoms with Crippen LogP contribution >= 0.6 is 0 Å². The summed E-state index contributed by atoms with van der Waals surface area (Å²) in [4.78, 5) is 51.8. The highest BCUT2D eigenvalue weighted by atomic mass is 16.2. The Labute approximate surface area is 195 Å². The molecule has 2 aliphatic rings. The number of hydrogen-bond donors (Lipinski definition) is 4. The Kier molecular flexibility index (Phi) is 5.93. The lowest BCUT2D eigenvalue weighted by atomic mass is 9.76. The maximum absolute atomic E-state index is 13.1. The fourth-order valence-electron chi connectivity index (χ4n) is 4.53. The van der Waals surface area contributed by atoms with Gasteiger partial charge >= 0.3 is 0 Å². The van der Waals surface area contributed by atoms with Crippen molar-refractivity contribution < 1.29 is 19.2 Å². The Morgan fingerprint density at radius 1 is 1.12 bits per heavy atom. The molecule has 0 aromatic heterocycles. The Balaban J connectivity index is 2.21. The van der Waals surface area contributed by atoms with Crippen LogP contribution < -0.4 is 33.0 Å². The van der Waals surface area contributed by atoms with Crippen LogP contribution in [0.25, 0.3) is 21.9 Å². The number of nitrogens with one attached hydrogen (secondary N) is 1. The van der Waals surface area contributed by atoms with Crippen LogP contribution in [0.15, 0.2) is 54.3 Å². The third-order valence-electron chi connectivity index (χ3n) is 6.23. The van der Waals surface area contributed by atoms with Gasteiger partial charge in [0.1, 0.15) is 0 Å². The molecule has 1 atom stereocenters. The van der Waals surface area contributed by atoms with Gasteiger partial charge in [-0.15, -0.1) is 0 Å². The van der Waals surface area contributed by atoms with E-state index in [0.29, 0.717) is 35.0 Å². The van der Waals surface area contributed by atoms with E-state index in [0.717, 1.165) is 6.42 Å². The van der Waals surface area contributed by atoms with Gasteiger partial charge in [0.25, 0.3) is 11.8 Å². The number of benzene rings is 2. The van der Waals surface area contributed by atoms with Gasteiger partial charge in [-0.25, -0.2) is 0 Å². The predicted octanol–water partition coefficient (Wildman–Crippen LogP) is -0.349. The van der Waals surface area contributed by atoms with Gasteiger partial charge in [0, 0.05) is 22.7 Å². The zero-order valence-corrected chi connectivity index (χ0v) is 18.8. The Morgan fingerprint density at radius 3 is 2.47 bits per heavy atom. The maximum Gasteiger partial charge on any atom is 0.256 e. The molecule has 0 bridgehead atoms. The molecule has 174 valence electrons. The van der Waals surface area contributed by atoms with Crippen molar-refractivity contribution in [3.63, 3.8) is 0 Å². The number of carbonyl (C=O) groups is 4. The summed E-state index contributed by atoms with van der Waals surface area (Å²) in [6, 6.07) is 8.88. The van der Waals surface area contributed by atoms with E-state index in [1.165, 1.54) is 0 Å². The van der Waals surface area contributed by atoms with Gasteiger partial charge in [-0.05, 0) is 41.3 Å². The number of nitrogens with two attached hydrogens (primary N) is 3. The summed E-state index contributed by atoms with van der Waals surface area (Å²) < 4.78 is 0. The van der Waals surface area contributed by atoms with Gasteiger partial charge in [0.05, 0.1) is 16.7 Å². The molecule has 8 nitrogen and oxygen atoms in total.